The fourth-order valence-corrected chi connectivity index (χ4v) is 4.29. The van der Waals surface area contributed by atoms with Gasteiger partial charge in [0.25, 0.3) is 5.91 Å². The van der Waals surface area contributed by atoms with Crippen LogP contribution in [0, 0.1) is 0 Å². The molecule has 2 N–H and O–H groups in total. The van der Waals surface area contributed by atoms with Crippen LogP contribution in [0.3, 0.4) is 0 Å². The molecule has 4 rings (SSSR count). The molecule has 2 aliphatic rings. The number of aliphatic carboxylic acids is 1. The van der Waals surface area contributed by atoms with Crippen LogP contribution < -0.4 is 10.1 Å². The topological polar surface area (TPSA) is 105 Å². The second-order valence-electron chi connectivity index (χ2n) is 8.19. The lowest BCUT2D eigenvalue weighted by Crippen LogP contribution is -2.53. The summed E-state index contributed by atoms with van der Waals surface area (Å²) in [5.41, 5.74) is 1.80. The second kappa shape index (κ2) is 9.40. The molecule has 2 amide bonds. The lowest BCUT2D eigenvalue weighted by atomic mass is 9.94. The van der Waals surface area contributed by atoms with E-state index in [4.69, 9.17) is 14.6 Å². The molecular weight excluding hydrogens is 412 g/mol. The highest BCUT2D eigenvalue weighted by molar-refractivity contribution is 6.00. The Morgan fingerprint density at radius 1 is 1.16 bits per heavy atom. The van der Waals surface area contributed by atoms with Crippen molar-refractivity contribution >= 4 is 23.5 Å². The summed E-state index contributed by atoms with van der Waals surface area (Å²) in [6.07, 6.45) is 0.581. The number of nitrogens with zero attached hydrogens (tertiary/aromatic N) is 1. The van der Waals surface area contributed by atoms with Crippen molar-refractivity contribution in [1.29, 1.82) is 0 Å². The van der Waals surface area contributed by atoms with Gasteiger partial charge in [0.2, 0.25) is 5.91 Å². The first-order valence-corrected chi connectivity index (χ1v) is 10.7. The molecule has 32 heavy (non-hydrogen) atoms. The Labute approximate surface area is 186 Å². The Balaban J connectivity index is 1.49. The van der Waals surface area contributed by atoms with E-state index >= 15 is 0 Å². The molecule has 1 saturated heterocycles. The van der Waals surface area contributed by atoms with Gasteiger partial charge in [-0.1, -0.05) is 30.3 Å². The molecule has 8 nitrogen and oxygen atoms in total. The van der Waals surface area contributed by atoms with Crippen LogP contribution in [-0.2, 0) is 20.7 Å². The number of likely N-dealkylation sites (N-methyl/N-ethyl adjacent to an activating group) is 1. The number of carbonyl (C=O) groups is 3. The molecular formula is C24H26N2O6. The van der Waals surface area contributed by atoms with Gasteiger partial charge < -0.3 is 24.8 Å². The van der Waals surface area contributed by atoms with Crippen LogP contribution >= 0.6 is 0 Å². The third-order valence-corrected chi connectivity index (χ3v) is 5.91. The highest BCUT2D eigenvalue weighted by Gasteiger charge is 2.39. The molecule has 8 heteroatoms. The third kappa shape index (κ3) is 4.91. The number of hydrogen-bond donors (Lipinski definition) is 2. The molecule has 2 heterocycles. The van der Waals surface area contributed by atoms with Crippen LogP contribution in [-0.4, -0.2) is 59.7 Å². The van der Waals surface area contributed by atoms with Gasteiger partial charge in [-0.25, -0.2) is 0 Å². The maximum absolute atomic E-state index is 13.2. The largest absolute Gasteiger partial charge is 0.490 e. The minimum Gasteiger partial charge on any atom is -0.490 e. The number of carbonyl (C=O) groups excluding carboxylic acids is 2. The predicted octanol–water partition coefficient (Wildman–Crippen LogP) is 2.72. The van der Waals surface area contributed by atoms with Crippen molar-refractivity contribution in [3.8, 4) is 5.75 Å². The Bertz CT molecular complexity index is 1010. The first-order chi connectivity index (χ1) is 15.4. The van der Waals surface area contributed by atoms with E-state index in [2.05, 4.69) is 5.32 Å². The molecule has 2 aromatic rings. The fraction of sp³-hybridized carbons (Fsp3) is 0.375. The first kappa shape index (κ1) is 21.8. The summed E-state index contributed by atoms with van der Waals surface area (Å²) in [5, 5.41) is 11.9. The predicted molar refractivity (Wildman–Crippen MR) is 117 cm³/mol. The van der Waals surface area contributed by atoms with E-state index in [1.165, 1.54) is 0 Å². The molecule has 1 fully saturated rings. The molecule has 0 radical (unpaired) electrons. The summed E-state index contributed by atoms with van der Waals surface area (Å²) >= 11 is 0. The van der Waals surface area contributed by atoms with E-state index in [9.17, 15) is 14.4 Å². The van der Waals surface area contributed by atoms with Gasteiger partial charge in [-0.2, -0.15) is 0 Å². The zero-order valence-electron chi connectivity index (χ0n) is 17.8. The number of amides is 2. The van der Waals surface area contributed by atoms with Gasteiger partial charge >= 0.3 is 5.97 Å². The van der Waals surface area contributed by atoms with Gasteiger partial charge in [-0.05, 0) is 36.6 Å². The minimum absolute atomic E-state index is 0.0660. The molecule has 3 atom stereocenters. The van der Waals surface area contributed by atoms with Crippen molar-refractivity contribution in [2.45, 2.75) is 43.9 Å². The normalized spacial score (nSPS) is 22.6. The number of rotatable bonds is 5. The number of fused-ring (bicyclic) bond motifs is 2. The number of hydrogen-bond acceptors (Lipinski definition) is 5. The van der Waals surface area contributed by atoms with Crippen LogP contribution in [0.1, 0.15) is 35.2 Å². The summed E-state index contributed by atoms with van der Waals surface area (Å²) < 4.78 is 11.8. The average molecular weight is 438 g/mol. The molecule has 0 aromatic heterocycles. The Morgan fingerprint density at radius 3 is 2.69 bits per heavy atom. The van der Waals surface area contributed by atoms with Gasteiger partial charge in [-0.15, -0.1) is 0 Å². The lowest BCUT2D eigenvalue weighted by molar-refractivity contribution is -0.148. The number of benzene rings is 2. The van der Waals surface area contributed by atoms with Crippen LogP contribution in [0.4, 0.5) is 5.69 Å². The minimum atomic E-state index is -0.906. The summed E-state index contributed by atoms with van der Waals surface area (Å²) in [6.45, 7) is 0.213. The van der Waals surface area contributed by atoms with E-state index in [1.54, 1.807) is 30.1 Å². The van der Waals surface area contributed by atoms with Crippen LogP contribution in [0.2, 0.25) is 0 Å². The zero-order valence-corrected chi connectivity index (χ0v) is 17.8. The van der Waals surface area contributed by atoms with E-state index in [0.717, 1.165) is 5.56 Å². The molecule has 0 saturated carbocycles. The number of carboxylic acids is 1. The summed E-state index contributed by atoms with van der Waals surface area (Å²) in [7, 11) is 1.72. The molecule has 2 aliphatic heterocycles. The first-order valence-electron chi connectivity index (χ1n) is 10.7. The molecule has 0 bridgehead atoms. The highest BCUT2D eigenvalue weighted by Crippen LogP contribution is 2.32. The molecule has 0 spiro atoms. The Hall–Kier alpha value is -3.39. The van der Waals surface area contributed by atoms with Gasteiger partial charge in [-0.3, -0.25) is 14.4 Å². The van der Waals surface area contributed by atoms with Crippen molar-refractivity contribution in [2.24, 2.45) is 0 Å². The zero-order chi connectivity index (χ0) is 22.7. The van der Waals surface area contributed by atoms with Gasteiger partial charge in [0.1, 0.15) is 18.5 Å². The van der Waals surface area contributed by atoms with Gasteiger partial charge in [0.05, 0.1) is 30.6 Å². The smallest absolute Gasteiger partial charge is 0.305 e. The molecule has 0 unspecified atom stereocenters. The Kier molecular flexibility index (Phi) is 6.41. The third-order valence-electron chi connectivity index (χ3n) is 5.91. The number of ether oxygens (including phenoxy) is 2. The quantitative estimate of drug-likeness (QED) is 0.744. The second-order valence-corrected chi connectivity index (χ2v) is 8.19. The SMILES string of the molecule is CN1C(=O)c2cc(NC(=O)Cc3ccccc3)ccc2OC[C@@H]2O[C@H](CC(=O)O)CC[C@@H]21. The van der Waals surface area contributed by atoms with Crippen LogP contribution in [0.15, 0.2) is 48.5 Å². The molecule has 168 valence electrons. The van der Waals surface area contributed by atoms with E-state index in [-0.39, 0.29) is 43.4 Å². The molecule has 0 aliphatic carbocycles. The van der Waals surface area contributed by atoms with Gasteiger partial charge in [0, 0.05) is 12.7 Å². The Morgan fingerprint density at radius 2 is 1.94 bits per heavy atom. The number of anilines is 1. The summed E-state index contributed by atoms with van der Waals surface area (Å²) in [4.78, 5) is 38.3. The maximum atomic E-state index is 13.2. The van der Waals surface area contributed by atoms with Crippen molar-refractivity contribution in [3.05, 3.63) is 59.7 Å². The van der Waals surface area contributed by atoms with Gasteiger partial charge in [0.15, 0.2) is 0 Å². The summed E-state index contributed by atoms with van der Waals surface area (Å²) in [5.74, 6) is -0.898. The van der Waals surface area contributed by atoms with Crippen molar-refractivity contribution in [2.75, 3.05) is 19.0 Å². The van der Waals surface area contributed by atoms with E-state index in [1.807, 2.05) is 30.3 Å². The summed E-state index contributed by atoms with van der Waals surface area (Å²) in [6, 6.07) is 14.2. The monoisotopic (exact) mass is 438 g/mol. The number of nitrogens with one attached hydrogen (secondary N) is 1. The van der Waals surface area contributed by atoms with Crippen molar-refractivity contribution in [1.82, 2.24) is 4.90 Å². The highest BCUT2D eigenvalue weighted by atomic mass is 16.5. The molecule has 2 aromatic carbocycles. The standard InChI is InChI=1S/C24H26N2O6/c1-26-19-9-8-17(13-23(28)29)32-21(19)14-31-20-10-7-16(12-18(20)24(26)30)25-22(27)11-15-5-3-2-4-6-15/h2-7,10,12,17,19,21H,8-9,11,13-14H2,1H3,(H,25,27)(H,28,29)/t17-,19-,21-/m0/s1. The van der Waals surface area contributed by atoms with E-state index < -0.39 is 12.1 Å². The van der Waals surface area contributed by atoms with Crippen molar-refractivity contribution in [3.63, 3.8) is 0 Å². The number of carboxylic acid groups (broad SMARTS) is 1. The van der Waals surface area contributed by atoms with Crippen molar-refractivity contribution < 1.29 is 29.0 Å². The van der Waals surface area contributed by atoms with Crippen LogP contribution in [0.25, 0.3) is 0 Å². The fourth-order valence-electron chi connectivity index (χ4n) is 4.29. The lowest BCUT2D eigenvalue weighted by Gasteiger charge is -2.42. The van der Waals surface area contributed by atoms with E-state index in [0.29, 0.717) is 29.8 Å². The maximum Gasteiger partial charge on any atom is 0.305 e. The average Bonchev–Trinajstić information content (AvgIpc) is 2.77. The van der Waals surface area contributed by atoms with Crippen LogP contribution in [0.5, 0.6) is 5.75 Å².